The highest BCUT2D eigenvalue weighted by atomic mass is 16.5. The summed E-state index contributed by atoms with van der Waals surface area (Å²) in [6.45, 7) is 0.509. The van der Waals surface area contributed by atoms with Gasteiger partial charge in [0.2, 0.25) is 11.5 Å². The van der Waals surface area contributed by atoms with Gasteiger partial charge >= 0.3 is 0 Å². The molecule has 0 spiro atoms. The molecule has 0 unspecified atom stereocenters. The number of aromatic hydroxyl groups is 4. The number of benzene rings is 9. The number of para-hydroxylation sites is 3. The molecule has 9 aromatic carbocycles. The molecule has 1 aromatic heterocycles. The Morgan fingerprint density at radius 3 is 1.60 bits per heavy atom. The molecular formula is C55H37BN2O5. The van der Waals surface area contributed by atoms with Crippen LogP contribution in [0.25, 0.3) is 72.0 Å². The third kappa shape index (κ3) is 6.30. The number of rotatable bonds is 7. The molecule has 1 aliphatic rings. The lowest BCUT2D eigenvalue weighted by Gasteiger charge is -2.26. The van der Waals surface area contributed by atoms with Crippen LogP contribution in [0, 0.1) is 0 Å². The van der Waals surface area contributed by atoms with Crippen LogP contribution in [0.1, 0.15) is 5.56 Å². The quantitative estimate of drug-likeness (QED) is 0.0726. The number of hydrogen-bond acceptors (Lipinski definition) is 6. The molecule has 0 amide bonds. The summed E-state index contributed by atoms with van der Waals surface area (Å²) in [5.74, 6) is -2.16. The van der Waals surface area contributed by atoms with Crippen molar-refractivity contribution in [2.24, 2.45) is 0 Å². The molecule has 1 aliphatic heterocycles. The van der Waals surface area contributed by atoms with Gasteiger partial charge in [-0.3, -0.25) is 0 Å². The van der Waals surface area contributed by atoms with Gasteiger partial charge in [0.15, 0.2) is 11.5 Å². The number of phenols is 4. The predicted octanol–water partition coefficient (Wildman–Crippen LogP) is 12.4. The summed E-state index contributed by atoms with van der Waals surface area (Å²) in [5, 5.41) is 44.0. The fourth-order valence-corrected chi connectivity index (χ4v) is 8.99. The van der Waals surface area contributed by atoms with Gasteiger partial charge in [0.1, 0.15) is 20.2 Å². The molecule has 0 saturated heterocycles. The van der Waals surface area contributed by atoms with Crippen molar-refractivity contribution in [2.45, 2.75) is 6.61 Å². The van der Waals surface area contributed by atoms with Gasteiger partial charge in [-0.2, -0.15) is 0 Å². The molecule has 2 heterocycles. The van der Waals surface area contributed by atoms with Crippen molar-refractivity contribution in [3.8, 4) is 78.9 Å². The van der Waals surface area contributed by atoms with Crippen molar-refractivity contribution in [1.29, 1.82) is 0 Å². The molecule has 2 radical (unpaired) electrons. The number of hydrogen-bond donors (Lipinski definition) is 4. The van der Waals surface area contributed by atoms with E-state index in [0.717, 1.165) is 72.9 Å². The molecule has 7 nitrogen and oxygen atoms in total. The lowest BCUT2D eigenvalue weighted by molar-refractivity contribution is 0.302. The van der Waals surface area contributed by atoms with Crippen molar-refractivity contribution in [3.05, 3.63) is 194 Å². The number of aromatic nitrogens is 1. The van der Waals surface area contributed by atoms with E-state index in [2.05, 4.69) is 155 Å². The number of nitrogens with zero attached hydrogens (tertiary/aromatic N) is 2. The Labute approximate surface area is 364 Å². The Morgan fingerprint density at radius 2 is 0.968 bits per heavy atom. The van der Waals surface area contributed by atoms with Gasteiger partial charge < -0.3 is 34.6 Å². The van der Waals surface area contributed by atoms with E-state index in [1.807, 2.05) is 30.3 Å². The Balaban J connectivity index is 0.965. The number of phenolic OH excluding ortho intramolecular Hbond substituents is 4. The zero-order chi connectivity index (χ0) is 42.8. The van der Waals surface area contributed by atoms with E-state index in [4.69, 9.17) is 12.6 Å². The van der Waals surface area contributed by atoms with E-state index in [-0.39, 0.29) is 11.0 Å². The zero-order valence-electron chi connectivity index (χ0n) is 33.8. The highest BCUT2D eigenvalue weighted by Gasteiger charge is 2.23. The number of anilines is 3. The maximum absolute atomic E-state index is 10.8. The Hall–Kier alpha value is -8.36. The predicted molar refractivity (Wildman–Crippen MR) is 254 cm³/mol. The Kier molecular flexibility index (Phi) is 8.94. The maximum Gasteiger partial charge on any atom is 0.204 e. The van der Waals surface area contributed by atoms with Crippen LogP contribution in [0.2, 0.25) is 0 Å². The summed E-state index contributed by atoms with van der Waals surface area (Å²) in [6, 6.07) is 64.4. The van der Waals surface area contributed by atoms with E-state index in [9.17, 15) is 20.4 Å². The first-order valence-corrected chi connectivity index (χ1v) is 20.6. The van der Waals surface area contributed by atoms with Gasteiger partial charge in [-0.05, 0) is 117 Å². The Morgan fingerprint density at radius 1 is 0.444 bits per heavy atom. The average Bonchev–Trinajstić information content (AvgIpc) is 3.68. The standard InChI is InChI=1S/C55H37BN2O5/c56-51-50(52(59)54(61)55(62)53(51)60)35-20-27-41(28-21-35)57(40-25-18-34(19-26-40)37-22-29-43-38(30-37)32-63-49-15-6-3-12-46(43)49)39-23-16-33(17-24-39)36-8-7-9-42(31-36)58-47-13-4-1-10-44(47)45-11-2-5-14-48(45)58/h1-31,59-62H,32H2. The van der Waals surface area contributed by atoms with Crippen LogP contribution in [-0.2, 0) is 6.61 Å². The molecule has 11 rings (SSSR count). The van der Waals surface area contributed by atoms with Crippen molar-refractivity contribution in [2.75, 3.05) is 4.90 Å². The van der Waals surface area contributed by atoms with Crippen molar-refractivity contribution < 1.29 is 25.2 Å². The largest absolute Gasteiger partial charge is 0.505 e. The van der Waals surface area contributed by atoms with Gasteiger partial charge in [0, 0.05) is 44.6 Å². The molecule has 0 fully saturated rings. The molecule has 4 N–H and O–H groups in total. The monoisotopic (exact) mass is 816 g/mol. The molecule has 63 heavy (non-hydrogen) atoms. The first kappa shape index (κ1) is 37.6. The smallest absolute Gasteiger partial charge is 0.204 e. The summed E-state index contributed by atoms with van der Waals surface area (Å²) in [7, 11) is 6.13. The van der Waals surface area contributed by atoms with Crippen LogP contribution in [0.3, 0.4) is 0 Å². The lowest BCUT2D eigenvalue weighted by atomic mass is 9.84. The minimum Gasteiger partial charge on any atom is -0.505 e. The van der Waals surface area contributed by atoms with Gasteiger partial charge in [0.25, 0.3) is 0 Å². The van der Waals surface area contributed by atoms with E-state index in [0.29, 0.717) is 12.2 Å². The molecule has 10 aromatic rings. The van der Waals surface area contributed by atoms with Gasteiger partial charge in [-0.25, -0.2) is 0 Å². The fourth-order valence-electron chi connectivity index (χ4n) is 8.99. The van der Waals surface area contributed by atoms with Crippen molar-refractivity contribution in [1.82, 2.24) is 4.57 Å². The third-order valence-corrected chi connectivity index (χ3v) is 12.1. The van der Waals surface area contributed by atoms with E-state index in [1.165, 1.54) is 16.3 Å². The van der Waals surface area contributed by atoms with Crippen LogP contribution in [0.15, 0.2) is 188 Å². The molecule has 0 saturated carbocycles. The second-order valence-corrected chi connectivity index (χ2v) is 15.7. The highest BCUT2D eigenvalue weighted by Crippen LogP contribution is 2.47. The molecule has 0 aliphatic carbocycles. The normalized spacial score (nSPS) is 11.9. The average molecular weight is 817 g/mol. The molecule has 300 valence electrons. The maximum atomic E-state index is 10.8. The number of ether oxygens (including phenoxy) is 1. The summed E-state index contributed by atoms with van der Waals surface area (Å²) < 4.78 is 8.40. The summed E-state index contributed by atoms with van der Waals surface area (Å²) in [6.07, 6.45) is 0. The van der Waals surface area contributed by atoms with Gasteiger partial charge in [-0.15, -0.1) is 0 Å². The van der Waals surface area contributed by atoms with Crippen LogP contribution < -0.4 is 15.1 Å². The summed E-state index contributed by atoms with van der Waals surface area (Å²) in [4.78, 5) is 2.14. The minimum atomic E-state index is -0.879. The molecule has 0 bridgehead atoms. The summed E-state index contributed by atoms with van der Waals surface area (Å²) >= 11 is 0. The lowest BCUT2D eigenvalue weighted by Crippen LogP contribution is -2.11. The minimum absolute atomic E-state index is 0.0108. The molecular weight excluding hydrogens is 779 g/mol. The molecule has 8 heteroatoms. The van der Waals surface area contributed by atoms with Gasteiger partial charge in [-0.1, -0.05) is 115 Å². The van der Waals surface area contributed by atoms with E-state index in [1.54, 1.807) is 12.1 Å². The zero-order valence-corrected chi connectivity index (χ0v) is 33.8. The first-order valence-electron chi connectivity index (χ1n) is 20.6. The second kappa shape index (κ2) is 15.0. The van der Waals surface area contributed by atoms with E-state index >= 15 is 0 Å². The number of fused-ring (bicyclic) bond motifs is 6. The summed E-state index contributed by atoms with van der Waals surface area (Å²) in [5.41, 5.74) is 13.9. The first-order chi connectivity index (χ1) is 30.8. The van der Waals surface area contributed by atoms with E-state index < -0.39 is 23.0 Å². The third-order valence-electron chi connectivity index (χ3n) is 12.1. The van der Waals surface area contributed by atoms with Crippen LogP contribution in [0.4, 0.5) is 17.1 Å². The van der Waals surface area contributed by atoms with Crippen LogP contribution in [-0.4, -0.2) is 32.8 Å². The van der Waals surface area contributed by atoms with Crippen molar-refractivity contribution >= 4 is 52.2 Å². The topological polar surface area (TPSA) is 98.3 Å². The fraction of sp³-hybridized carbons (Fsp3) is 0.0182. The highest BCUT2D eigenvalue weighted by molar-refractivity contribution is 6.39. The van der Waals surface area contributed by atoms with Crippen LogP contribution in [0.5, 0.6) is 28.7 Å². The van der Waals surface area contributed by atoms with Crippen LogP contribution >= 0.6 is 0 Å². The molecule has 0 atom stereocenters. The van der Waals surface area contributed by atoms with Crippen molar-refractivity contribution in [3.63, 3.8) is 0 Å². The Bertz CT molecular complexity index is 3310. The SMILES string of the molecule is [B]c1c(O)c(O)c(O)c(O)c1-c1ccc(N(c2ccc(-c3cccc(-n4c5ccccc5c5ccccc54)c3)cc2)c2ccc(-c3ccc4c(c3)COc3ccccc3-4)cc2)cc1. The second-order valence-electron chi connectivity index (χ2n) is 15.7. The van der Waals surface area contributed by atoms with Gasteiger partial charge in [0.05, 0.1) is 11.0 Å².